The number of allylic oxidation sites excluding steroid dienone is 1. The Kier molecular flexibility index (Phi) is 6.17. The van der Waals surface area contributed by atoms with Gasteiger partial charge in [0.2, 0.25) is 0 Å². The fourth-order valence-electron chi connectivity index (χ4n) is 2.84. The van der Waals surface area contributed by atoms with Gasteiger partial charge in [-0.05, 0) is 56.2 Å². The summed E-state index contributed by atoms with van der Waals surface area (Å²) in [6, 6.07) is 19.5. The summed E-state index contributed by atoms with van der Waals surface area (Å²) < 4.78 is 1.93. The molecular weight excluding hydrogens is 348 g/mol. The van der Waals surface area contributed by atoms with Crippen LogP contribution in [0.25, 0.3) is 6.08 Å². The molecule has 0 aliphatic rings. The van der Waals surface area contributed by atoms with E-state index in [2.05, 4.69) is 15.6 Å². The summed E-state index contributed by atoms with van der Waals surface area (Å²) in [5.74, 6) is -0.234. The van der Waals surface area contributed by atoms with Crippen LogP contribution < -0.4 is 5.43 Å². The number of nitrogens with one attached hydrogen (secondary N) is 1. The number of amides is 1. The molecule has 0 aliphatic carbocycles. The van der Waals surface area contributed by atoms with Gasteiger partial charge in [-0.3, -0.25) is 9.48 Å². The molecule has 0 fully saturated rings. The van der Waals surface area contributed by atoms with Crippen LogP contribution in [0, 0.1) is 13.8 Å². The van der Waals surface area contributed by atoms with Crippen LogP contribution in [0.15, 0.2) is 71.8 Å². The maximum absolute atomic E-state index is 12.4. The molecule has 0 bridgehead atoms. The Labute approximate surface area is 165 Å². The van der Waals surface area contributed by atoms with Gasteiger partial charge in [0.05, 0.1) is 18.0 Å². The zero-order chi connectivity index (χ0) is 19.9. The molecular formula is C23H24N4O. The monoisotopic (exact) mass is 372 g/mol. The number of nitrogens with zero attached hydrogens (tertiary/aromatic N) is 3. The van der Waals surface area contributed by atoms with Gasteiger partial charge in [0.1, 0.15) is 0 Å². The number of hydrogen-bond acceptors (Lipinski definition) is 3. The van der Waals surface area contributed by atoms with Crippen LogP contribution in [-0.4, -0.2) is 21.4 Å². The van der Waals surface area contributed by atoms with Crippen molar-refractivity contribution in [3.05, 3.63) is 94.8 Å². The van der Waals surface area contributed by atoms with Gasteiger partial charge in [-0.2, -0.15) is 10.2 Å². The molecule has 1 amide bonds. The van der Waals surface area contributed by atoms with E-state index in [4.69, 9.17) is 0 Å². The Morgan fingerprint density at radius 3 is 2.61 bits per heavy atom. The van der Waals surface area contributed by atoms with Gasteiger partial charge >= 0.3 is 0 Å². The Morgan fingerprint density at radius 1 is 1.11 bits per heavy atom. The minimum atomic E-state index is -0.234. The highest BCUT2D eigenvalue weighted by Crippen LogP contribution is 2.10. The fraction of sp³-hybridized carbons (Fsp3) is 0.174. The molecule has 3 aromatic rings. The second kappa shape index (κ2) is 8.95. The molecule has 0 atom stereocenters. The average Bonchev–Trinajstić information content (AvgIpc) is 3.02. The van der Waals surface area contributed by atoms with E-state index in [0.717, 1.165) is 28.2 Å². The molecule has 0 radical (unpaired) electrons. The molecule has 1 aromatic heterocycles. The highest BCUT2D eigenvalue weighted by molar-refractivity contribution is 5.99. The molecule has 1 heterocycles. The normalized spacial score (nSPS) is 11.8. The summed E-state index contributed by atoms with van der Waals surface area (Å²) in [5, 5.41) is 8.63. The molecule has 0 unspecified atom stereocenters. The Balaban J connectivity index is 1.64. The lowest BCUT2D eigenvalue weighted by Crippen LogP contribution is -2.19. The Hall–Kier alpha value is -3.47. The number of aryl methyl sites for hydroxylation is 2. The minimum absolute atomic E-state index is 0.234. The molecule has 2 aromatic carbocycles. The van der Waals surface area contributed by atoms with E-state index >= 15 is 0 Å². The molecule has 0 spiro atoms. The van der Waals surface area contributed by atoms with Gasteiger partial charge < -0.3 is 0 Å². The first-order chi connectivity index (χ1) is 13.5. The maximum Gasteiger partial charge on any atom is 0.271 e. The molecule has 1 N–H and O–H groups in total. The lowest BCUT2D eigenvalue weighted by atomic mass is 10.1. The number of hydrogen-bond donors (Lipinski definition) is 1. The van der Waals surface area contributed by atoms with Gasteiger partial charge in [0.25, 0.3) is 5.91 Å². The fourth-order valence-corrected chi connectivity index (χ4v) is 2.84. The van der Waals surface area contributed by atoms with Crippen LogP contribution in [0.1, 0.15) is 39.8 Å². The lowest BCUT2D eigenvalue weighted by molar-refractivity contribution is 0.0954. The number of carbonyl (C=O) groups excluding carboxylic acids is 1. The third-order valence-corrected chi connectivity index (χ3v) is 4.28. The standard InChI is InChI=1S/C23H24N4O/c1-17(12-13-20-8-5-4-6-9-20)24-25-23(28)22-11-7-10-21(15-22)16-27-19(3)14-18(2)26-27/h4-15H,16H2,1-3H3,(H,25,28)/b13-12+,24-17+. The number of benzene rings is 2. The smallest absolute Gasteiger partial charge is 0.267 e. The third-order valence-electron chi connectivity index (χ3n) is 4.28. The van der Waals surface area contributed by atoms with Crippen molar-refractivity contribution in [3.63, 3.8) is 0 Å². The van der Waals surface area contributed by atoms with E-state index in [1.807, 2.05) is 92.2 Å². The van der Waals surface area contributed by atoms with Crippen LogP contribution in [0.5, 0.6) is 0 Å². The number of hydrazone groups is 1. The Morgan fingerprint density at radius 2 is 1.89 bits per heavy atom. The summed E-state index contributed by atoms with van der Waals surface area (Å²) >= 11 is 0. The molecule has 3 rings (SSSR count). The van der Waals surface area contributed by atoms with E-state index in [-0.39, 0.29) is 5.91 Å². The van der Waals surface area contributed by atoms with Crippen LogP contribution in [0.3, 0.4) is 0 Å². The van der Waals surface area contributed by atoms with E-state index in [1.165, 1.54) is 0 Å². The van der Waals surface area contributed by atoms with E-state index in [1.54, 1.807) is 6.07 Å². The van der Waals surface area contributed by atoms with Crippen molar-refractivity contribution in [1.82, 2.24) is 15.2 Å². The second-order valence-electron chi connectivity index (χ2n) is 6.72. The third kappa shape index (κ3) is 5.27. The summed E-state index contributed by atoms with van der Waals surface area (Å²) in [6.07, 6.45) is 3.83. The van der Waals surface area contributed by atoms with Gasteiger partial charge in [0.15, 0.2) is 0 Å². The lowest BCUT2D eigenvalue weighted by Gasteiger charge is -2.07. The van der Waals surface area contributed by atoms with Crippen LogP contribution in [0.2, 0.25) is 0 Å². The summed E-state index contributed by atoms with van der Waals surface area (Å²) in [4.78, 5) is 12.4. The molecule has 5 nitrogen and oxygen atoms in total. The second-order valence-corrected chi connectivity index (χ2v) is 6.72. The first kappa shape index (κ1) is 19.3. The van der Waals surface area contributed by atoms with E-state index in [0.29, 0.717) is 12.1 Å². The van der Waals surface area contributed by atoms with Crippen molar-refractivity contribution in [1.29, 1.82) is 0 Å². The first-order valence-electron chi connectivity index (χ1n) is 9.19. The van der Waals surface area contributed by atoms with Crippen LogP contribution in [-0.2, 0) is 6.54 Å². The van der Waals surface area contributed by atoms with Gasteiger partial charge in [-0.1, -0.05) is 48.5 Å². The van der Waals surface area contributed by atoms with Crippen molar-refractivity contribution in [2.45, 2.75) is 27.3 Å². The molecule has 5 heteroatoms. The maximum atomic E-state index is 12.4. The Bertz CT molecular complexity index is 1020. The molecule has 0 saturated carbocycles. The zero-order valence-corrected chi connectivity index (χ0v) is 16.4. The van der Waals surface area contributed by atoms with E-state index < -0.39 is 0 Å². The van der Waals surface area contributed by atoms with Crippen molar-refractivity contribution in [2.75, 3.05) is 0 Å². The van der Waals surface area contributed by atoms with Gasteiger partial charge in [-0.15, -0.1) is 0 Å². The summed E-state index contributed by atoms with van der Waals surface area (Å²) in [7, 11) is 0. The summed E-state index contributed by atoms with van der Waals surface area (Å²) in [6.45, 7) is 6.47. The van der Waals surface area contributed by atoms with Gasteiger partial charge in [0, 0.05) is 11.3 Å². The highest BCUT2D eigenvalue weighted by atomic mass is 16.2. The zero-order valence-electron chi connectivity index (χ0n) is 16.4. The largest absolute Gasteiger partial charge is 0.271 e. The van der Waals surface area contributed by atoms with Crippen LogP contribution in [0.4, 0.5) is 0 Å². The topological polar surface area (TPSA) is 59.3 Å². The highest BCUT2D eigenvalue weighted by Gasteiger charge is 2.07. The first-order valence-corrected chi connectivity index (χ1v) is 9.19. The van der Waals surface area contributed by atoms with Crippen molar-refractivity contribution < 1.29 is 4.79 Å². The predicted octanol–water partition coefficient (Wildman–Crippen LogP) is 4.37. The molecule has 0 saturated heterocycles. The van der Waals surface area contributed by atoms with Crippen LogP contribution >= 0.6 is 0 Å². The SMILES string of the molecule is CC(/C=C/c1ccccc1)=N\NC(=O)c1cccc(Cn2nc(C)cc2C)c1. The quantitative estimate of drug-likeness (QED) is 0.516. The number of aromatic nitrogens is 2. The molecule has 142 valence electrons. The van der Waals surface area contributed by atoms with Crippen molar-refractivity contribution in [2.24, 2.45) is 5.10 Å². The minimum Gasteiger partial charge on any atom is -0.267 e. The summed E-state index contributed by atoms with van der Waals surface area (Å²) in [5.41, 5.74) is 8.09. The average molecular weight is 372 g/mol. The molecule has 0 aliphatic heterocycles. The van der Waals surface area contributed by atoms with Crippen molar-refractivity contribution >= 4 is 17.7 Å². The van der Waals surface area contributed by atoms with E-state index in [9.17, 15) is 4.79 Å². The predicted molar refractivity (Wildman–Crippen MR) is 113 cm³/mol. The number of carbonyl (C=O) groups is 1. The number of rotatable bonds is 6. The molecule has 28 heavy (non-hydrogen) atoms. The van der Waals surface area contributed by atoms with Crippen molar-refractivity contribution in [3.8, 4) is 0 Å². The van der Waals surface area contributed by atoms with Gasteiger partial charge in [-0.25, -0.2) is 5.43 Å².